The van der Waals surface area contributed by atoms with Gasteiger partial charge < -0.3 is 11.1 Å². The number of benzene rings is 9. The fourth-order valence-corrected chi connectivity index (χ4v) is 9.25. The van der Waals surface area contributed by atoms with Crippen molar-refractivity contribution in [2.45, 2.75) is 25.7 Å². The van der Waals surface area contributed by atoms with Crippen molar-refractivity contribution in [3.63, 3.8) is 0 Å². The first-order valence-corrected chi connectivity index (χ1v) is 19.1. The van der Waals surface area contributed by atoms with Crippen LogP contribution in [0.3, 0.4) is 0 Å². The standard InChI is InChI=1S/C49H32N2.C3H8/c50-45-19-9-10-20-46(45)51-34-25-23-30(24-26-34)31-21-22-32-28-41-44(29-33(32)27-31)49(42-17-7-5-13-37(42)38-14-6-8-18-43(38)49)48-40-16-4-2-12-36(40)35-11-1-3-15-39(35)47(41)48;1-3-2/h1-29,51H,50H2;3H2,1-2H3. The van der Waals surface area contributed by atoms with Crippen molar-refractivity contribution in [1.29, 1.82) is 0 Å². The van der Waals surface area contributed by atoms with Crippen molar-refractivity contribution < 1.29 is 0 Å². The maximum absolute atomic E-state index is 6.20. The number of nitrogens with two attached hydrogens (primary N) is 1. The first-order chi connectivity index (χ1) is 26.6. The smallest absolute Gasteiger partial charge is 0.0731 e. The molecule has 0 bridgehead atoms. The van der Waals surface area contributed by atoms with Crippen LogP contribution in [-0.2, 0) is 5.41 Å². The minimum Gasteiger partial charge on any atom is -0.397 e. The van der Waals surface area contributed by atoms with E-state index in [9.17, 15) is 0 Å². The molecule has 0 fully saturated rings. The summed E-state index contributed by atoms with van der Waals surface area (Å²) in [6.45, 7) is 4.25. The van der Waals surface area contributed by atoms with E-state index in [2.05, 4.69) is 171 Å². The van der Waals surface area contributed by atoms with Crippen LogP contribution in [0.2, 0.25) is 0 Å². The molecule has 1 spiro atoms. The van der Waals surface area contributed by atoms with Crippen molar-refractivity contribution in [1.82, 2.24) is 0 Å². The molecule has 0 aliphatic heterocycles. The van der Waals surface area contributed by atoms with Crippen LogP contribution in [0.4, 0.5) is 17.1 Å². The second kappa shape index (κ2) is 12.5. The molecule has 0 radical (unpaired) electrons. The molecule has 2 aliphatic rings. The summed E-state index contributed by atoms with van der Waals surface area (Å²) in [7, 11) is 0. The van der Waals surface area contributed by atoms with Gasteiger partial charge in [-0.2, -0.15) is 0 Å². The summed E-state index contributed by atoms with van der Waals surface area (Å²) in [5.41, 5.74) is 21.6. The van der Waals surface area contributed by atoms with Gasteiger partial charge in [0, 0.05) is 5.69 Å². The van der Waals surface area contributed by atoms with Gasteiger partial charge in [-0.05, 0) is 130 Å². The zero-order chi connectivity index (χ0) is 36.4. The number of para-hydroxylation sites is 2. The zero-order valence-corrected chi connectivity index (χ0v) is 30.5. The van der Waals surface area contributed by atoms with Crippen molar-refractivity contribution in [2.24, 2.45) is 0 Å². The van der Waals surface area contributed by atoms with Crippen LogP contribution in [0.25, 0.3) is 65.7 Å². The number of fused-ring (bicyclic) bond motifs is 16. The van der Waals surface area contributed by atoms with Crippen LogP contribution >= 0.6 is 0 Å². The Morgan fingerprint density at radius 1 is 0.463 bits per heavy atom. The predicted molar refractivity (Wildman–Crippen MR) is 231 cm³/mol. The van der Waals surface area contributed by atoms with E-state index in [0.29, 0.717) is 0 Å². The van der Waals surface area contributed by atoms with Crippen molar-refractivity contribution in [3.05, 3.63) is 198 Å². The lowest BCUT2D eigenvalue weighted by Crippen LogP contribution is -2.26. The van der Waals surface area contributed by atoms with Gasteiger partial charge in [0.1, 0.15) is 0 Å². The first-order valence-electron chi connectivity index (χ1n) is 19.1. The van der Waals surface area contributed by atoms with Crippen LogP contribution in [0, 0.1) is 0 Å². The summed E-state index contributed by atoms with van der Waals surface area (Å²) in [6.07, 6.45) is 1.25. The van der Waals surface area contributed by atoms with Crippen molar-refractivity contribution >= 4 is 49.4 Å². The van der Waals surface area contributed by atoms with Crippen LogP contribution in [0.5, 0.6) is 0 Å². The minimum absolute atomic E-state index is 0.446. The molecule has 2 nitrogen and oxygen atoms in total. The number of anilines is 3. The summed E-state index contributed by atoms with van der Waals surface area (Å²) in [5, 5.41) is 11.2. The maximum atomic E-state index is 6.20. The van der Waals surface area contributed by atoms with Gasteiger partial charge in [0.2, 0.25) is 0 Å². The summed E-state index contributed by atoms with van der Waals surface area (Å²) in [6, 6.07) is 64.6. The zero-order valence-electron chi connectivity index (χ0n) is 30.5. The lowest BCUT2D eigenvalue weighted by molar-refractivity contribution is 0.803. The van der Waals surface area contributed by atoms with E-state index in [-0.39, 0.29) is 0 Å². The molecule has 2 heteroatoms. The molecule has 9 aromatic rings. The van der Waals surface area contributed by atoms with E-state index in [1.807, 2.05) is 24.3 Å². The van der Waals surface area contributed by atoms with Crippen molar-refractivity contribution in [2.75, 3.05) is 11.1 Å². The average molecular weight is 693 g/mol. The molecule has 0 saturated heterocycles. The fourth-order valence-electron chi connectivity index (χ4n) is 9.25. The third-order valence-corrected chi connectivity index (χ3v) is 11.4. The van der Waals surface area contributed by atoms with Gasteiger partial charge in [0.25, 0.3) is 0 Å². The average Bonchev–Trinajstić information content (AvgIpc) is 3.68. The Kier molecular flexibility index (Phi) is 7.42. The van der Waals surface area contributed by atoms with Gasteiger partial charge in [-0.25, -0.2) is 0 Å². The van der Waals surface area contributed by atoms with Gasteiger partial charge in [-0.15, -0.1) is 0 Å². The summed E-state index contributed by atoms with van der Waals surface area (Å²) < 4.78 is 0. The van der Waals surface area contributed by atoms with Gasteiger partial charge in [0.15, 0.2) is 0 Å². The summed E-state index contributed by atoms with van der Waals surface area (Å²) in [5.74, 6) is 0. The lowest BCUT2D eigenvalue weighted by Gasteiger charge is -2.32. The monoisotopic (exact) mass is 692 g/mol. The molecule has 0 unspecified atom stereocenters. The third kappa shape index (κ3) is 4.60. The number of hydrogen-bond acceptors (Lipinski definition) is 2. The molecular weight excluding hydrogens is 653 g/mol. The van der Waals surface area contributed by atoms with Crippen LogP contribution in [-0.4, -0.2) is 0 Å². The summed E-state index contributed by atoms with van der Waals surface area (Å²) in [4.78, 5) is 0. The molecule has 3 N–H and O–H groups in total. The molecule has 0 saturated carbocycles. The van der Waals surface area contributed by atoms with Crippen molar-refractivity contribution in [3.8, 4) is 33.4 Å². The molecule has 2 aliphatic carbocycles. The Morgan fingerprint density at radius 3 is 1.70 bits per heavy atom. The van der Waals surface area contributed by atoms with E-state index in [0.717, 1.165) is 17.1 Å². The quantitative estimate of drug-likeness (QED) is 0.143. The van der Waals surface area contributed by atoms with E-state index < -0.39 is 5.41 Å². The van der Waals surface area contributed by atoms with E-state index in [1.54, 1.807) is 0 Å². The Balaban J connectivity index is 0.00000117. The highest BCUT2D eigenvalue weighted by Gasteiger charge is 2.53. The van der Waals surface area contributed by atoms with Crippen LogP contribution < -0.4 is 11.1 Å². The third-order valence-electron chi connectivity index (χ3n) is 11.4. The van der Waals surface area contributed by atoms with Crippen LogP contribution in [0.15, 0.2) is 176 Å². The molecule has 258 valence electrons. The molecule has 0 atom stereocenters. The molecule has 11 rings (SSSR count). The van der Waals surface area contributed by atoms with Gasteiger partial charge in [0.05, 0.1) is 16.8 Å². The highest BCUT2D eigenvalue weighted by molar-refractivity contribution is 6.20. The number of rotatable bonds is 3. The van der Waals surface area contributed by atoms with Crippen LogP contribution in [0.1, 0.15) is 42.5 Å². The minimum atomic E-state index is -0.446. The summed E-state index contributed by atoms with van der Waals surface area (Å²) >= 11 is 0. The molecule has 0 amide bonds. The number of nitrogens with one attached hydrogen (secondary N) is 1. The number of hydrogen-bond donors (Lipinski definition) is 2. The van der Waals surface area contributed by atoms with E-state index in [4.69, 9.17) is 5.73 Å². The highest BCUT2D eigenvalue weighted by Crippen LogP contribution is 2.65. The van der Waals surface area contributed by atoms with E-state index in [1.165, 1.54) is 94.4 Å². The second-order valence-corrected chi connectivity index (χ2v) is 14.6. The molecule has 0 heterocycles. The van der Waals surface area contributed by atoms with Gasteiger partial charge >= 0.3 is 0 Å². The Bertz CT molecular complexity index is 2870. The molecular formula is C52H40N2. The normalized spacial score (nSPS) is 12.9. The largest absolute Gasteiger partial charge is 0.397 e. The predicted octanol–water partition coefficient (Wildman–Crippen LogP) is 13.9. The molecule has 54 heavy (non-hydrogen) atoms. The molecule has 0 aromatic heterocycles. The first kappa shape index (κ1) is 32.0. The second-order valence-electron chi connectivity index (χ2n) is 14.6. The maximum Gasteiger partial charge on any atom is 0.0731 e. The lowest BCUT2D eigenvalue weighted by atomic mass is 9.69. The van der Waals surface area contributed by atoms with Gasteiger partial charge in [-0.3, -0.25) is 0 Å². The Hall–Kier alpha value is -6.64. The fraction of sp³-hybridized carbons (Fsp3) is 0.0769. The Labute approximate surface area is 316 Å². The van der Waals surface area contributed by atoms with E-state index >= 15 is 0 Å². The van der Waals surface area contributed by atoms with Gasteiger partial charge in [-0.1, -0.05) is 154 Å². The highest BCUT2D eigenvalue weighted by atomic mass is 14.9. The molecule has 9 aromatic carbocycles. The SMILES string of the molecule is CCC.Nc1ccccc1Nc1ccc(-c2ccc3cc4c(cc3c2)C2(c3ccccc3-c3ccccc32)c2c-4c3ccccc3c3ccccc23)cc1. The number of nitrogen functional groups attached to an aromatic ring is 1. The topological polar surface area (TPSA) is 38.0 Å². The Morgan fingerprint density at radius 2 is 1.02 bits per heavy atom.